The van der Waals surface area contributed by atoms with Crippen molar-refractivity contribution in [2.45, 2.75) is 33.0 Å². The van der Waals surface area contributed by atoms with Crippen molar-refractivity contribution in [3.05, 3.63) is 29.6 Å². The maximum absolute atomic E-state index is 13.7. The number of alkyl halides is 3. The van der Waals surface area contributed by atoms with Gasteiger partial charge in [0.1, 0.15) is 0 Å². The molecule has 1 rings (SSSR count). The van der Waals surface area contributed by atoms with Gasteiger partial charge in [0, 0.05) is 13.1 Å². The number of aliphatic imine (C=N–C) groups is 1. The van der Waals surface area contributed by atoms with Crippen LogP contribution in [-0.4, -0.2) is 31.8 Å². The van der Waals surface area contributed by atoms with Crippen LogP contribution in [0.15, 0.2) is 23.2 Å². The van der Waals surface area contributed by atoms with E-state index in [-0.39, 0.29) is 24.8 Å². The minimum Gasteiger partial charge on any atom is -0.491 e. The van der Waals surface area contributed by atoms with E-state index in [4.69, 9.17) is 4.74 Å². The van der Waals surface area contributed by atoms with Gasteiger partial charge in [0.2, 0.25) is 0 Å². The number of nitrogens with one attached hydrogen (secondary N) is 2. The van der Waals surface area contributed by atoms with Gasteiger partial charge < -0.3 is 15.4 Å². The van der Waals surface area contributed by atoms with E-state index in [1.165, 1.54) is 12.1 Å². The summed E-state index contributed by atoms with van der Waals surface area (Å²) in [5.74, 6) is -0.0731. The van der Waals surface area contributed by atoms with Crippen molar-refractivity contribution in [2.24, 2.45) is 4.99 Å². The normalized spacial score (nSPS) is 12.2. The molecule has 130 valence electrons. The Bertz CT molecular complexity index is 518. The number of hydrogen-bond donors (Lipinski definition) is 2. The summed E-state index contributed by atoms with van der Waals surface area (Å²) in [6.45, 7) is 4.31. The molecule has 0 unspecified atom stereocenters. The van der Waals surface area contributed by atoms with Crippen LogP contribution in [0.1, 0.15) is 25.8 Å². The van der Waals surface area contributed by atoms with Gasteiger partial charge in [0.05, 0.1) is 19.6 Å². The molecule has 0 aliphatic carbocycles. The lowest BCUT2D eigenvalue weighted by Gasteiger charge is -2.12. The molecular formula is C15H21F4N3O. The molecule has 0 bridgehead atoms. The van der Waals surface area contributed by atoms with Gasteiger partial charge in [0.25, 0.3) is 0 Å². The standard InChI is InChI=1S/C15H21F4N3O/c1-3-20-14(21-8-7-15(17,18)19)22-10-11-5-6-13(23-4-2)12(16)9-11/h5-6,9H,3-4,7-8,10H2,1-2H3,(H2,20,21,22). The number of hydrogen-bond acceptors (Lipinski definition) is 2. The Kier molecular flexibility index (Phi) is 7.64. The number of halogens is 4. The minimum absolute atomic E-state index is 0.144. The van der Waals surface area contributed by atoms with Crippen molar-refractivity contribution < 1.29 is 22.3 Å². The van der Waals surface area contributed by atoms with E-state index in [1.807, 2.05) is 0 Å². The first kappa shape index (κ1) is 19.1. The molecule has 0 heterocycles. The lowest BCUT2D eigenvalue weighted by atomic mass is 10.2. The van der Waals surface area contributed by atoms with Crippen LogP contribution in [0.4, 0.5) is 17.6 Å². The van der Waals surface area contributed by atoms with Crippen LogP contribution in [0.2, 0.25) is 0 Å². The van der Waals surface area contributed by atoms with Crippen molar-refractivity contribution in [1.29, 1.82) is 0 Å². The molecule has 0 amide bonds. The van der Waals surface area contributed by atoms with Gasteiger partial charge >= 0.3 is 6.18 Å². The Morgan fingerprint density at radius 1 is 1.22 bits per heavy atom. The monoisotopic (exact) mass is 335 g/mol. The molecule has 8 heteroatoms. The van der Waals surface area contributed by atoms with E-state index in [0.717, 1.165) is 0 Å². The maximum Gasteiger partial charge on any atom is 0.390 e. The van der Waals surface area contributed by atoms with E-state index in [1.54, 1.807) is 19.9 Å². The van der Waals surface area contributed by atoms with Gasteiger partial charge in [-0.25, -0.2) is 9.38 Å². The Morgan fingerprint density at radius 3 is 2.52 bits per heavy atom. The van der Waals surface area contributed by atoms with Crippen LogP contribution >= 0.6 is 0 Å². The molecule has 0 aromatic heterocycles. The molecule has 1 aromatic carbocycles. The van der Waals surface area contributed by atoms with Gasteiger partial charge in [0.15, 0.2) is 17.5 Å². The van der Waals surface area contributed by atoms with Gasteiger partial charge in [-0.2, -0.15) is 13.2 Å². The zero-order valence-electron chi connectivity index (χ0n) is 13.1. The summed E-state index contributed by atoms with van der Waals surface area (Å²) >= 11 is 0. The van der Waals surface area contributed by atoms with E-state index < -0.39 is 18.4 Å². The summed E-state index contributed by atoms with van der Waals surface area (Å²) in [6, 6.07) is 4.47. The van der Waals surface area contributed by atoms with Crippen molar-refractivity contribution in [2.75, 3.05) is 19.7 Å². The molecule has 2 N–H and O–H groups in total. The average Bonchev–Trinajstić information content (AvgIpc) is 2.46. The molecule has 4 nitrogen and oxygen atoms in total. The van der Waals surface area contributed by atoms with E-state index in [0.29, 0.717) is 18.7 Å². The summed E-state index contributed by atoms with van der Waals surface area (Å²) in [4.78, 5) is 4.14. The van der Waals surface area contributed by atoms with Gasteiger partial charge in [-0.3, -0.25) is 0 Å². The predicted octanol–water partition coefficient (Wildman–Crippen LogP) is 3.23. The van der Waals surface area contributed by atoms with Gasteiger partial charge in [-0.05, 0) is 31.5 Å². The fraction of sp³-hybridized carbons (Fsp3) is 0.533. The average molecular weight is 335 g/mol. The van der Waals surface area contributed by atoms with Crippen molar-refractivity contribution in [3.63, 3.8) is 0 Å². The molecule has 1 aromatic rings. The topological polar surface area (TPSA) is 45.7 Å². The Labute approximate surface area is 132 Å². The highest BCUT2D eigenvalue weighted by molar-refractivity contribution is 5.79. The maximum atomic E-state index is 13.7. The molecule has 0 saturated carbocycles. The van der Waals surface area contributed by atoms with E-state index in [9.17, 15) is 17.6 Å². The summed E-state index contributed by atoms with van der Waals surface area (Å²) in [6.07, 6.45) is -5.17. The Balaban J connectivity index is 2.64. The second-order valence-electron chi connectivity index (χ2n) is 4.68. The summed E-state index contributed by atoms with van der Waals surface area (Å²) in [7, 11) is 0. The number of benzene rings is 1. The highest BCUT2D eigenvalue weighted by Gasteiger charge is 2.26. The first-order valence-corrected chi connectivity index (χ1v) is 7.36. The highest BCUT2D eigenvalue weighted by Crippen LogP contribution is 2.19. The lowest BCUT2D eigenvalue weighted by molar-refractivity contribution is -0.132. The third kappa shape index (κ3) is 7.71. The Hall–Kier alpha value is -1.99. The zero-order chi connectivity index (χ0) is 17.3. The molecule has 0 atom stereocenters. The summed E-state index contributed by atoms with van der Waals surface area (Å²) in [5, 5.41) is 5.43. The van der Waals surface area contributed by atoms with Gasteiger partial charge in [-0.1, -0.05) is 6.07 Å². The highest BCUT2D eigenvalue weighted by atomic mass is 19.4. The van der Waals surface area contributed by atoms with E-state index in [2.05, 4.69) is 15.6 Å². The number of ether oxygens (including phenoxy) is 1. The van der Waals surface area contributed by atoms with Crippen molar-refractivity contribution >= 4 is 5.96 Å². The first-order valence-electron chi connectivity index (χ1n) is 7.36. The first-order chi connectivity index (χ1) is 10.9. The number of nitrogens with zero attached hydrogens (tertiary/aromatic N) is 1. The van der Waals surface area contributed by atoms with Crippen LogP contribution in [0.25, 0.3) is 0 Å². The quantitative estimate of drug-likeness (QED) is 0.457. The molecule has 0 spiro atoms. The van der Waals surface area contributed by atoms with Crippen molar-refractivity contribution in [1.82, 2.24) is 10.6 Å². The van der Waals surface area contributed by atoms with Crippen LogP contribution in [0.3, 0.4) is 0 Å². The molecule has 0 radical (unpaired) electrons. The van der Waals surface area contributed by atoms with Crippen LogP contribution in [0.5, 0.6) is 5.75 Å². The fourth-order valence-corrected chi connectivity index (χ4v) is 1.75. The molecule has 23 heavy (non-hydrogen) atoms. The van der Waals surface area contributed by atoms with E-state index >= 15 is 0 Å². The number of guanidine groups is 1. The minimum atomic E-state index is -4.22. The molecule has 0 fully saturated rings. The van der Waals surface area contributed by atoms with Crippen molar-refractivity contribution in [3.8, 4) is 5.75 Å². The lowest BCUT2D eigenvalue weighted by Crippen LogP contribution is -2.38. The SMILES string of the molecule is CCNC(=NCc1ccc(OCC)c(F)c1)NCCC(F)(F)F. The van der Waals surface area contributed by atoms with Crippen LogP contribution in [-0.2, 0) is 6.54 Å². The summed E-state index contributed by atoms with van der Waals surface area (Å²) < 4.78 is 55.2. The second kappa shape index (κ2) is 9.22. The molecule has 0 aliphatic heterocycles. The second-order valence-corrected chi connectivity index (χ2v) is 4.68. The molecular weight excluding hydrogens is 314 g/mol. The molecule has 0 saturated heterocycles. The third-order valence-corrected chi connectivity index (χ3v) is 2.76. The third-order valence-electron chi connectivity index (χ3n) is 2.76. The van der Waals surface area contributed by atoms with Crippen LogP contribution in [0, 0.1) is 5.82 Å². The van der Waals surface area contributed by atoms with Crippen LogP contribution < -0.4 is 15.4 Å². The zero-order valence-corrected chi connectivity index (χ0v) is 13.1. The molecule has 0 aliphatic rings. The number of rotatable bonds is 7. The smallest absolute Gasteiger partial charge is 0.390 e. The summed E-state index contributed by atoms with van der Waals surface area (Å²) in [5.41, 5.74) is 0.596. The largest absolute Gasteiger partial charge is 0.491 e. The Morgan fingerprint density at radius 2 is 1.96 bits per heavy atom. The fourth-order valence-electron chi connectivity index (χ4n) is 1.75. The van der Waals surface area contributed by atoms with Gasteiger partial charge in [-0.15, -0.1) is 0 Å². The predicted molar refractivity (Wildman–Crippen MR) is 81.1 cm³/mol.